The Bertz CT molecular complexity index is 1030. The lowest BCUT2D eigenvalue weighted by atomic mass is 10.1. The van der Waals surface area contributed by atoms with E-state index in [1.807, 2.05) is 37.3 Å². The minimum Gasteiger partial charge on any atom is -0.354 e. The molecule has 0 radical (unpaired) electrons. The highest BCUT2D eigenvalue weighted by atomic mass is 16.1. The molecule has 0 bridgehead atoms. The molecule has 29 heavy (non-hydrogen) atoms. The third-order valence-corrected chi connectivity index (χ3v) is 5.56. The van der Waals surface area contributed by atoms with Crippen LogP contribution in [-0.2, 0) is 6.54 Å². The van der Waals surface area contributed by atoms with Gasteiger partial charge in [0.15, 0.2) is 5.82 Å². The number of aromatic nitrogens is 4. The van der Waals surface area contributed by atoms with Crippen LogP contribution in [0.2, 0.25) is 0 Å². The molecular weight excluding hydrogens is 366 g/mol. The van der Waals surface area contributed by atoms with Crippen LogP contribution in [0.3, 0.4) is 0 Å². The number of carbonyl (C=O) groups is 1. The largest absolute Gasteiger partial charge is 0.354 e. The van der Waals surface area contributed by atoms with E-state index >= 15 is 0 Å². The van der Waals surface area contributed by atoms with Gasteiger partial charge in [-0.15, -0.1) is 0 Å². The van der Waals surface area contributed by atoms with Gasteiger partial charge >= 0.3 is 0 Å². The molecule has 2 aromatic heterocycles. The van der Waals surface area contributed by atoms with Crippen LogP contribution in [0.25, 0.3) is 10.9 Å². The maximum atomic E-state index is 12.8. The van der Waals surface area contributed by atoms with Crippen LogP contribution in [0.5, 0.6) is 0 Å². The summed E-state index contributed by atoms with van der Waals surface area (Å²) < 4.78 is 0. The van der Waals surface area contributed by atoms with Crippen molar-refractivity contribution in [3.8, 4) is 0 Å². The molecular formula is C21H25N7O. The molecule has 8 nitrogen and oxygen atoms in total. The van der Waals surface area contributed by atoms with Crippen LogP contribution >= 0.6 is 0 Å². The molecule has 0 unspecified atom stereocenters. The monoisotopic (exact) mass is 391 g/mol. The van der Waals surface area contributed by atoms with Crippen molar-refractivity contribution in [3.05, 3.63) is 47.5 Å². The number of amides is 1. The fourth-order valence-corrected chi connectivity index (χ4v) is 3.80. The number of para-hydroxylation sites is 1. The molecule has 1 saturated heterocycles. The number of benzene rings is 1. The smallest absolute Gasteiger partial charge is 0.252 e. The van der Waals surface area contributed by atoms with E-state index in [1.165, 1.54) is 0 Å². The first-order chi connectivity index (χ1) is 14.2. The van der Waals surface area contributed by atoms with E-state index in [0.29, 0.717) is 6.04 Å². The molecule has 150 valence electrons. The Morgan fingerprint density at radius 1 is 1.17 bits per heavy atom. The molecule has 3 aromatic rings. The summed E-state index contributed by atoms with van der Waals surface area (Å²) >= 11 is 0. The number of carbonyl (C=O) groups excluding carboxylic acids is 1. The first-order valence-corrected chi connectivity index (χ1v) is 10.2. The lowest BCUT2D eigenvalue weighted by Gasteiger charge is -2.35. The number of anilines is 1. The summed E-state index contributed by atoms with van der Waals surface area (Å²) in [4.78, 5) is 26.7. The number of hydrogen-bond acceptors (Lipinski definition) is 6. The highest BCUT2D eigenvalue weighted by molar-refractivity contribution is 6.07. The van der Waals surface area contributed by atoms with Gasteiger partial charge in [-0.05, 0) is 31.9 Å². The third-order valence-electron chi connectivity index (χ3n) is 5.56. The number of rotatable bonds is 5. The second-order valence-electron chi connectivity index (χ2n) is 7.89. The van der Waals surface area contributed by atoms with Crippen molar-refractivity contribution in [2.24, 2.45) is 0 Å². The van der Waals surface area contributed by atoms with E-state index < -0.39 is 0 Å². The predicted molar refractivity (Wildman–Crippen MR) is 111 cm³/mol. The number of fused-ring (bicyclic) bond motifs is 1. The lowest BCUT2D eigenvalue weighted by molar-refractivity contribution is 0.0952. The van der Waals surface area contributed by atoms with Crippen molar-refractivity contribution in [1.82, 2.24) is 30.4 Å². The highest BCUT2D eigenvalue weighted by Crippen LogP contribution is 2.26. The average molecular weight is 391 g/mol. The summed E-state index contributed by atoms with van der Waals surface area (Å²) in [5, 5.41) is 11.2. The maximum absolute atomic E-state index is 12.8. The van der Waals surface area contributed by atoms with Crippen molar-refractivity contribution in [1.29, 1.82) is 0 Å². The van der Waals surface area contributed by atoms with Gasteiger partial charge in [0.1, 0.15) is 11.6 Å². The molecule has 1 aliphatic carbocycles. The number of aromatic amines is 1. The molecule has 2 N–H and O–H groups in total. The number of pyridine rings is 1. The van der Waals surface area contributed by atoms with Gasteiger partial charge < -0.3 is 10.2 Å². The van der Waals surface area contributed by atoms with Gasteiger partial charge in [-0.25, -0.2) is 9.97 Å². The normalized spacial score (nSPS) is 17.6. The Kier molecular flexibility index (Phi) is 4.63. The fourth-order valence-electron chi connectivity index (χ4n) is 3.80. The van der Waals surface area contributed by atoms with Crippen LogP contribution in [-0.4, -0.2) is 63.2 Å². The second kappa shape index (κ2) is 7.44. The van der Waals surface area contributed by atoms with Crippen LogP contribution in [0.1, 0.15) is 34.8 Å². The number of H-pyrrole nitrogens is 1. The summed E-state index contributed by atoms with van der Waals surface area (Å²) in [5.74, 6) is 2.55. The molecule has 3 heterocycles. The molecule has 2 fully saturated rings. The van der Waals surface area contributed by atoms with Crippen LogP contribution in [0, 0.1) is 6.92 Å². The van der Waals surface area contributed by atoms with E-state index in [4.69, 9.17) is 4.98 Å². The first kappa shape index (κ1) is 18.1. The molecule has 1 amide bonds. The third kappa shape index (κ3) is 3.93. The Morgan fingerprint density at radius 3 is 2.69 bits per heavy atom. The van der Waals surface area contributed by atoms with Crippen molar-refractivity contribution in [2.75, 3.05) is 31.1 Å². The minimum atomic E-state index is 0.00552. The minimum absolute atomic E-state index is 0.00552. The lowest BCUT2D eigenvalue weighted by Crippen LogP contribution is -2.46. The maximum Gasteiger partial charge on any atom is 0.252 e. The van der Waals surface area contributed by atoms with Crippen molar-refractivity contribution in [2.45, 2.75) is 32.4 Å². The van der Waals surface area contributed by atoms with Gasteiger partial charge in [0.2, 0.25) is 0 Å². The highest BCUT2D eigenvalue weighted by Gasteiger charge is 2.26. The molecule has 0 atom stereocenters. The molecule has 1 saturated carbocycles. The van der Waals surface area contributed by atoms with Crippen molar-refractivity contribution >= 4 is 22.6 Å². The number of nitrogens with zero attached hydrogens (tertiary/aromatic N) is 5. The van der Waals surface area contributed by atoms with E-state index in [2.05, 4.69) is 30.3 Å². The van der Waals surface area contributed by atoms with Crippen LogP contribution in [0.15, 0.2) is 30.3 Å². The standard InChI is InChI=1S/C21H25N7O/c1-14-22-19(26-25-14)13-27-8-10-28(11-9-27)20-12-17(21(29)23-15-6-7-15)16-4-2-3-5-18(16)24-20/h2-5,12,15H,6-11,13H2,1H3,(H,23,29)(H,22,25,26). The van der Waals surface area contributed by atoms with E-state index in [1.54, 1.807) is 0 Å². The zero-order valence-corrected chi connectivity index (χ0v) is 16.6. The van der Waals surface area contributed by atoms with Gasteiger partial charge in [0, 0.05) is 37.6 Å². The number of piperazine rings is 1. The van der Waals surface area contributed by atoms with Crippen LogP contribution < -0.4 is 10.2 Å². The zero-order chi connectivity index (χ0) is 19.8. The topological polar surface area (TPSA) is 90.0 Å². The number of nitrogens with one attached hydrogen (secondary N) is 2. The van der Waals surface area contributed by atoms with Crippen molar-refractivity contribution < 1.29 is 4.79 Å². The summed E-state index contributed by atoms with van der Waals surface area (Å²) in [6, 6.07) is 10.2. The summed E-state index contributed by atoms with van der Waals surface area (Å²) in [5.41, 5.74) is 1.58. The molecule has 0 spiro atoms. The fraction of sp³-hybridized carbons (Fsp3) is 0.429. The molecule has 1 aromatic carbocycles. The number of aryl methyl sites for hydroxylation is 1. The van der Waals surface area contributed by atoms with Crippen molar-refractivity contribution in [3.63, 3.8) is 0 Å². The zero-order valence-electron chi connectivity index (χ0n) is 16.6. The Labute approximate surface area is 169 Å². The Balaban J connectivity index is 1.34. The Hall–Kier alpha value is -3.00. The molecule has 2 aliphatic rings. The predicted octanol–water partition coefficient (Wildman–Crippen LogP) is 1.88. The summed E-state index contributed by atoms with van der Waals surface area (Å²) in [6.07, 6.45) is 2.15. The van der Waals surface area contributed by atoms with Gasteiger partial charge in [0.05, 0.1) is 17.6 Å². The molecule has 8 heteroatoms. The van der Waals surface area contributed by atoms with E-state index in [9.17, 15) is 4.79 Å². The van der Waals surface area contributed by atoms with Crippen LogP contribution in [0.4, 0.5) is 5.82 Å². The quantitative estimate of drug-likeness (QED) is 0.690. The summed E-state index contributed by atoms with van der Waals surface area (Å²) in [6.45, 7) is 6.20. The molecule has 5 rings (SSSR count). The number of hydrogen-bond donors (Lipinski definition) is 2. The Morgan fingerprint density at radius 2 is 1.97 bits per heavy atom. The first-order valence-electron chi connectivity index (χ1n) is 10.2. The SMILES string of the molecule is Cc1nc(CN2CCN(c3cc(C(=O)NC4CC4)c4ccccc4n3)CC2)n[nH]1. The van der Waals surface area contributed by atoms with Gasteiger partial charge in [0.25, 0.3) is 5.91 Å². The second-order valence-corrected chi connectivity index (χ2v) is 7.89. The van der Waals surface area contributed by atoms with E-state index in [-0.39, 0.29) is 5.91 Å². The van der Waals surface area contributed by atoms with E-state index in [0.717, 1.165) is 79.5 Å². The van der Waals surface area contributed by atoms with Gasteiger partial charge in [-0.3, -0.25) is 14.8 Å². The molecule has 1 aliphatic heterocycles. The average Bonchev–Trinajstić information content (AvgIpc) is 3.46. The van der Waals surface area contributed by atoms with Gasteiger partial charge in [-0.1, -0.05) is 18.2 Å². The summed E-state index contributed by atoms with van der Waals surface area (Å²) in [7, 11) is 0. The van der Waals surface area contributed by atoms with Gasteiger partial charge in [-0.2, -0.15) is 5.10 Å².